The first-order valence-electron chi connectivity index (χ1n) is 10.2. The topological polar surface area (TPSA) is 100 Å². The van der Waals surface area contributed by atoms with Crippen LogP contribution in [0.3, 0.4) is 0 Å². The van der Waals surface area contributed by atoms with Crippen LogP contribution in [0.15, 0.2) is 51.8 Å². The fourth-order valence-electron chi connectivity index (χ4n) is 3.37. The number of rotatable bonds is 8. The first-order valence-corrected chi connectivity index (χ1v) is 12.1. The maximum atomic E-state index is 13.2. The van der Waals surface area contributed by atoms with Gasteiger partial charge in [0.1, 0.15) is 11.9 Å². The lowest BCUT2D eigenvalue weighted by Crippen LogP contribution is -2.41. The number of nitrogens with zero attached hydrogens (tertiary/aromatic N) is 3. The maximum Gasteiger partial charge on any atom is 0.316 e. The van der Waals surface area contributed by atoms with Gasteiger partial charge in [0.05, 0.1) is 24.6 Å². The molecule has 1 atom stereocenters. The lowest BCUT2D eigenvalue weighted by molar-refractivity contribution is -0.139. The van der Waals surface area contributed by atoms with E-state index in [2.05, 4.69) is 15.3 Å². The van der Waals surface area contributed by atoms with Crippen molar-refractivity contribution in [2.75, 3.05) is 12.4 Å². The second-order valence-electron chi connectivity index (χ2n) is 7.04. The van der Waals surface area contributed by atoms with Gasteiger partial charge < -0.3 is 10.1 Å². The number of amidine groups is 2. The van der Waals surface area contributed by atoms with Crippen molar-refractivity contribution >= 4 is 57.6 Å². The van der Waals surface area contributed by atoms with E-state index in [-0.39, 0.29) is 30.0 Å². The Hall–Kier alpha value is -2.98. The second-order valence-corrected chi connectivity index (χ2v) is 9.02. The third kappa shape index (κ3) is 4.91. The van der Waals surface area contributed by atoms with Gasteiger partial charge in [-0.2, -0.15) is 0 Å². The van der Waals surface area contributed by atoms with Gasteiger partial charge in [-0.3, -0.25) is 19.4 Å². The van der Waals surface area contributed by atoms with Crippen LogP contribution in [-0.4, -0.2) is 52.1 Å². The van der Waals surface area contributed by atoms with Crippen molar-refractivity contribution in [1.82, 2.24) is 10.2 Å². The van der Waals surface area contributed by atoms with E-state index in [4.69, 9.17) is 4.74 Å². The van der Waals surface area contributed by atoms with Crippen molar-refractivity contribution in [2.45, 2.75) is 32.4 Å². The number of thioether (sulfide) groups is 1. The third-order valence-corrected chi connectivity index (χ3v) is 6.65. The molecular formula is C22H22N4O4S2. The molecule has 2 aromatic rings. The summed E-state index contributed by atoms with van der Waals surface area (Å²) in [5.41, 5.74) is 1.45. The molecule has 2 amide bonds. The third-order valence-electron chi connectivity index (χ3n) is 4.86. The Morgan fingerprint density at radius 1 is 1.25 bits per heavy atom. The van der Waals surface area contributed by atoms with E-state index in [9.17, 15) is 14.4 Å². The molecule has 1 aromatic heterocycles. The number of ether oxygens (including phenoxy) is 1. The van der Waals surface area contributed by atoms with Gasteiger partial charge in [-0.05, 0) is 36.9 Å². The van der Waals surface area contributed by atoms with Crippen LogP contribution >= 0.6 is 23.1 Å². The number of aliphatic imine (C=N–C) groups is 2. The summed E-state index contributed by atoms with van der Waals surface area (Å²) in [6, 6.07) is 10.7. The number of carbonyl (C=O) groups excluding carboxylic acids is 3. The average Bonchev–Trinajstić information content (AvgIpc) is 3.43. The Balaban J connectivity index is 1.45. The predicted molar refractivity (Wildman–Crippen MR) is 125 cm³/mol. The van der Waals surface area contributed by atoms with Crippen LogP contribution in [0.2, 0.25) is 0 Å². The molecular weight excluding hydrogens is 448 g/mol. The van der Waals surface area contributed by atoms with Crippen LogP contribution in [0.1, 0.15) is 30.2 Å². The van der Waals surface area contributed by atoms with E-state index in [1.807, 2.05) is 41.8 Å². The normalized spacial score (nSPS) is 16.7. The number of fused-ring (bicyclic) bond motifs is 3. The predicted octanol–water partition coefficient (Wildman–Crippen LogP) is 3.10. The van der Waals surface area contributed by atoms with E-state index >= 15 is 0 Å². The number of hydrogen-bond acceptors (Lipinski definition) is 8. The van der Waals surface area contributed by atoms with Crippen LogP contribution in [-0.2, 0) is 25.7 Å². The van der Waals surface area contributed by atoms with Crippen LogP contribution in [0.4, 0.5) is 5.69 Å². The molecule has 3 heterocycles. The van der Waals surface area contributed by atoms with Gasteiger partial charge >= 0.3 is 5.97 Å². The molecule has 1 unspecified atom stereocenters. The minimum atomic E-state index is -0.669. The Morgan fingerprint density at radius 2 is 2.09 bits per heavy atom. The lowest BCUT2D eigenvalue weighted by atomic mass is 10.1. The van der Waals surface area contributed by atoms with E-state index in [1.165, 1.54) is 4.90 Å². The van der Waals surface area contributed by atoms with E-state index in [1.54, 1.807) is 18.3 Å². The molecule has 8 nitrogen and oxygen atoms in total. The molecule has 0 bridgehead atoms. The maximum absolute atomic E-state index is 13.2. The molecule has 0 saturated carbocycles. The summed E-state index contributed by atoms with van der Waals surface area (Å²) in [4.78, 5) is 49.0. The van der Waals surface area contributed by atoms with Crippen molar-refractivity contribution in [3.05, 3.63) is 52.2 Å². The highest BCUT2D eigenvalue weighted by atomic mass is 32.2. The van der Waals surface area contributed by atoms with Gasteiger partial charge in [-0.1, -0.05) is 30.0 Å². The van der Waals surface area contributed by atoms with Crippen molar-refractivity contribution in [1.29, 1.82) is 0 Å². The summed E-state index contributed by atoms with van der Waals surface area (Å²) in [5, 5.41) is 5.23. The van der Waals surface area contributed by atoms with Crippen LogP contribution in [0.25, 0.3) is 0 Å². The second kappa shape index (κ2) is 10.1. The summed E-state index contributed by atoms with van der Waals surface area (Å²) in [6.07, 6.45) is 0.490. The Kier molecular flexibility index (Phi) is 7.01. The molecule has 0 aliphatic carbocycles. The van der Waals surface area contributed by atoms with Gasteiger partial charge in [0, 0.05) is 16.9 Å². The highest BCUT2D eigenvalue weighted by molar-refractivity contribution is 8.14. The number of amides is 2. The minimum Gasteiger partial charge on any atom is -0.465 e. The van der Waals surface area contributed by atoms with Gasteiger partial charge in [0.2, 0.25) is 5.91 Å². The Labute approximate surface area is 193 Å². The SMILES string of the molecule is CCOC(=O)CSC1=Nc2ccccc2C2=NC(CCC(=O)NCc3cccs3)C(=O)N12. The molecule has 1 aromatic carbocycles. The summed E-state index contributed by atoms with van der Waals surface area (Å²) in [6.45, 7) is 2.51. The van der Waals surface area contributed by atoms with E-state index in [0.29, 0.717) is 36.3 Å². The summed E-state index contributed by atoms with van der Waals surface area (Å²) < 4.78 is 4.98. The molecule has 2 aliphatic rings. The number of carbonyl (C=O) groups is 3. The summed E-state index contributed by atoms with van der Waals surface area (Å²) in [7, 11) is 0. The lowest BCUT2D eigenvalue weighted by Gasteiger charge is -2.25. The fraction of sp³-hybridized carbons (Fsp3) is 0.318. The minimum absolute atomic E-state index is 0.0433. The van der Waals surface area contributed by atoms with E-state index < -0.39 is 6.04 Å². The molecule has 4 rings (SSSR count). The quantitative estimate of drug-likeness (QED) is 0.598. The molecule has 0 spiro atoms. The first kappa shape index (κ1) is 22.2. The number of hydrogen-bond donors (Lipinski definition) is 1. The van der Waals surface area contributed by atoms with Gasteiger partial charge in [-0.25, -0.2) is 9.89 Å². The zero-order valence-electron chi connectivity index (χ0n) is 17.4. The number of esters is 1. The standard InChI is InChI=1S/C22H22N4O4S2/c1-2-30-19(28)13-32-22-25-16-8-4-3-7-15(16)20-24-17(21(29)26(20)22)9-10-18(27)23-12-14-6-5-11-31-14/h3-8,11,17H,2,9-10,12-13H2,1H3,(H,23,27). The summed E-state index contributed by atoms with van der Waals surface area (Å²) >= 11 is 2.72. The Bertz CT molecular complexity index is 1080. The van der Waals surface area contributed by atoms with Gasteiger partial charge in [0.15, 0.2) is 5.17 Å². The molecule has 32 heavy (non-hydrogen) atoms. The molecule has 0 saturated heterocycles. The highest BCUT2D eigenvalue weighted by Gasteiger charge is 2.41. The molecule has 0 fully saturated rings. The molecule has 2 aliphatic heterocycles. The molecule has 166 valence electrons. The summed E-state index contributed by atoms with van der Waals surface area (Å²) in [5.74, 6) is -0.182. The van der Waals surface area contributed by atoms with Crippen molar-refractivity contribution < 1.29 is 19.1 Å². The van der Waals surface area contributed by atoms with Crippen molar-refractivity contribution in [2.24, 2.45) is 9.98 Å². The van der Waals surface area contributed by atoms with Gasteiger partial charge in [-0.15, -0.1) is 11.3 Å². The van der Waals surface area contributed by atoms with Crippen LogP contribution in [0.5, 0.6) is 0 Å². The van der Waals surface area contributed by atoms with Crippen LogP contribution in [0, 0.1) is 0 Å². The molecule has 0 radical (unpaired) electrons. The number of para-hydroxylation sites is 1. The monoisotopic (exact) mass is 470 g/mol. The number of benzene rings is 1. The Morgan fingerprint density at radius 3 is 2.88 bits per heavy atom. The first-order chi connectivity index (χ1) is 15.6. The highest BCUT2D eigenvalue weighted by Crippen LogP contribution is 2.34. The van der Waals surface area contributed by atoms with Gasteiger partial charge in [0.25, 0.3) is 5.91 Å². The average molecular weight is 471 g/mol. The largest absolute Gasteiger partial charge is 0.465 e. The van der Waals surface area contributed by atoms with Crippen LogP contribution < -0.4 is 5.32 Å². The van der Waals surface area contributed by atoms with Crippen molar-refractivity contribution in [3.63, 3.8) is 0 Å². The van der Waals surface area contributed by atoms with E-state index in [0.717, 1.165) is 22.2 Å². The molecule has 10 heteroatoms. The fourth-order valence-corrected chi connectivity index (χ4v) is 4.81. The number of thiophene rings is 1. The number of nitrogens with one attached hydrogen (secondary N) is 1. The smallest absolute Gasteiger partial charge is 0.316 e. The molecule has 1 N–H and O–H groups in total. The zero-order valence-corrected chi connectivity index (χ0v) is 19.1. The zero-order chi connectivity index (χ0) is 22.5. The van der Waals surface area contributed by atoms with Crippen molar-refractivity contribution in [3.8, 4) is 0 Å².